The van der Waals surface area contributed by atoms with E-state index < -0.39 is 0 Å². The van der Waals surface area contributed by atoms with Gasteiger partial charge in [0.1, 0.15) is 5.78 Å². The minimum atomic E-state index is -0.0297. The molecule has 4 saturated carbocycles. The normalized spacial score (nSPS) is 51.2. The average Bonchev–Trinajstić information content (AvgIpc) is 2.91. The van der Waals surface area contributed by atoms with Crippen LogP contribution in [-0.2, 0) is 4.79 Å². The zero-order valence-electron chi connectivity index (χ0n) is 16.4. The topological polar surface area (TPSA) is 21.4 Å². The summed E-state index contributed by atoms with van der Waals surface area (Å²) in [5.74, 6) is 3.61. The van der Waals surface area contributed by atoms with Crippen LogP contribution in [0.1, 0.15) is 79.1 Å². The monoisotopic (exact) mass is 339 g/mol. The van der Waals surface area contributed by atoms with E-state index in [1.54, 1.807) is 0 Å². The van der Waals surface area contributed by atoms with E-state index in [-0.39, 0.29) is 10.8 Å². The predicted molar refractivity (Wildman–Crippen MR) is 101 cm³/mol. The lowest BCUT2D eigenvalue weighted by Crippen LogP contribution is -2.56. The summed E-state index contributed by atoms with van der Waals surface area (Å²) in [7, 11) is 0. The number of fused-ring (bicyclic) bond motifs is 5. The summed E-state index contributed by atoms with van der Waals surface area (Å²) in [6.07, 6.45) is 9.38. The molecule has 136 valence electrons. The summed E-state index contributed by atoms with van der Waals surface area (Å²) in [6.45, 7) is 16.6. The van der Waals surface area contributed by atoms with Crippen LogP contribution in [0.25, 0.3) is 4.85 Å². The number of allylic oxidation sites excluding steroid dienone is 2. The number of rotatable bonds is 0. The molecule has 0 aromatic carbocycles. The molecule has 0 amide bonds. The fraction of sp³-hybridized carbons (Fsp3) is 0.826. The molecule has 0 bridgehead atoms. The number of hydrogen-bond acceptors (Lipinski definition) is 1. The van der Waals surface area contributed by atoms with Gasteiger partial charge in [-0.25, -0.2) is 4.85 Å². The SMILES string of the molecule is [C-]#[N+]/C(C)=C1/CC[C@H]2[C@@H]3CC[C@H]4C[C@@H](C)CC[C@]4(C)[C@H]3C(=O)C[C@]12C. The molecule has 0 N–H and O–H groups in total. The Morgan fingerprint density at radius 3 is 2.68 bits per heavy atom. The number of carbonyl (C=O) groups is 1. The highest BCUT2D eigenvalue weighted by Crippen LogP contribution is 2.66. The highest BCUT2D eigenvalue weighted by atomic mass is 16.1. The van der Waals surface area contributed by atoms with Crippen LogP contribution >= 0.6 is 0 Å². The summed E-state index contributed by atoms with van der Waals surface area (Å²) in [5, 5.41) is 0. The lowest BCUT2D eigenvalue weighted by Gasteiger charge is -2.59. The van der Waals surface area contributed by atoms with Crippen molar-refractivity contribution in [1.29, 1.82) is 0 Å². The molecule has 0 saturated heterocycles. The quantitative estimate of drug-likeness (QED) is 0.493. The van der Waals surface area contributed by atoms with Gasteiger partial charge in [-0.05, 0) is 80.0 Å². The van der Waals surface area contributed by atoms with E-state index in [0.29, 0.717) is 30.0 Å². The molecule has 4 rings (SSSR count). The number of hydrogen-bond donors (Lipinski definition) is 0. The summed E-state index contributed by atoms with van der Waals surface area (Å²) in [6, 6.07) is 0. The summed E-state index contributed by atoms with van der Waals surface area (Å²) in [5.41, 5.74) is 2.39. The smallest absolute Gasteiger partial charge is 0.162 e. The maximum absolute atomic E-state index is 13.5. The standard InChI is InChI=1S/C23H33NO/c1-14-10-11-22(3)16(12-14)6-7-17-19-9-8-18(15(2)24-5)23(19,4)13-20(25)21(17)22/h14,16-17,19,21H,6-13H2,1-4H3/b18-15-/t14-,16-,17-,19-,21+,22-,23+/m0/s1. The van der Waals surface area contributed by atoms with E-state index in [0.717, 1.165) is 24.0 Å². The van der Waals surface area contributed by atoms with Crippen molar-refractivity contribution in [3.63, 3.8) is 0 Å². The molecule has 25 heavy (non-hydrogen) atoms. The van der Waals surface area contributed by atoms with E-state index in [2.05, 4.69) is 25.6 Å². The third-order valence-electron chi connectivity index (χ3n) is 9.01. The van der Waals surface area contributed by atoms with Crippen LogP contribution in [0.4, 0.5) is 0 Å². The molecule has 4 aliphatic rings. The molecule has 7 atom stereocenters. The van der Waals surface area contributed by atoms with Gasteiger partial charge in [-0.2, -0.15) is 0 Å². The number of carbonyl (C=O) groups excluding carboxylic acids is 1. The average molecular weight is 340 g/mol. The van der Waals surface area contributed by atoms with Crippen molar-refractivity contribution in [2.24, 2.45) is 40.4 Å². The van der Waals surface area contributed by atoms with Gasteiger partial charge in [0, 0.05) is 12.3 Å². The van der Waals surface area contributed by atoms with Crippen molar-refractivity contribution < 1.29 is 4.79 Å². The van der Waals surface area contributed by atoms with Crippen LogP contribution in [0, 0.1) is 47.0 Å². The number of Topliss-reactive ketones (excluding diaryl/α,β-unsaturated/α-hetero) is 1. The Hall–Kier alpha value is -1.10. The first-order valence-electron chi connectivity index (χ1n) is 10.4. The van der Waals surface area contributed by atoms with E-state index in [9.17, 15) is 4.79 Å². The van der Waals surface area contributed by atoms with Crippen LogP contribution in [0.15, 0.2) is 11.3 Å². The van der Waals surface area contributed by atoms with Gasteiger partial charge in [0.15, 0.2) is 5.70 Å². The van der Waals surface area contributed by atoms with Crippen LogP contribution in [-0.4, -0.2) is 5.78 Å². The maximum atomic E-state index is 13.5. The third kappa shape index (κ3) is 2.30. The van der Waals surface area contributed by atoms with Crippen molar-refractivity contribution in [3.8, 4) is 0 Å². The predicted octanol–water partition coefficient (Wildman–Crippen LogP) is 6.04. The second-order valence-electron chi connectivity index (χ2n) is 10.2. The number of nitrogens with zero attached hydrogens (tertiary/aromatic N) is 1. The Bertz CT molecular complexity index is 670. The van der Waals surface area contributed by atoms with Crippen LogP contribution < -0.4 is 0 Å². The van der Waals surface area contributed by atoms with Gasteiger partial charge in [0.25, 0.3) is 0 Å². The van der Waals surface area contributed by atoms with Crippen molar-refractivity contribution in [3.05, 3.63) is 22.7 Å². The summed E-state index contributed by atoms with van der Waals surface area (Å²) >= 11 is 0. The van der Waals surface area contributed by atoms with Gasteiger partial charge in [-0.15, -0.1) is 0 Å². The van der Waals surface area contributed by atoms with Crippen molar-refractivity contribution >= 4 is 5.78 Å². The van der Waals surface area contributed by atoms with Gasteiger partial charge < -0.3 is 0 Å². The van der Waals surface area contributed by atoms with Gasteiger partial charge in [-0.1, -0.05) is 32.8 Å². The second kappa shape index (κ2) is 5.70. The molecule has 4 fully saturated rings. The van der Waals surface area contributed by atoms with E-state index in [1.165, 1.54) is 44.1 Å². The van der Waals surface area contributed by atoms with Gasteiger partial charge in [-0.3, -0.25) is 4.79 Å². The minimum absolute atomic E-state index is 0.0297. The minimum Gasteiger partial charge on any atom is -0.299 e. The molecule has 0 aromatic heterocycles. The molecular weight excluding hydrogens is 306 g/mol. The zero-order chi connectivity index (χ0) is 18.0. The fourth-order valence-corrected chi connectivity index (χ4v) is 7.77. The van der Waals surface area contributed by atoms with Crippen molar-refractivity contribution in [1.82, 2.24) is 0 Å². The zero-order valence-corrected chi connectivity index (χ0v) is 16.4. The van der Waals surface area contributed by atoms with Gasteiger partial charge in [0.2, 0.25) is 0 Å². The molecule has 2 heteroatoms. The molecular formula is C23H33NO. The highest BCUT2D eigenvalue weighted by Gasteiger charge is 2.62. The van der Waals surface area contributed by atoms with E-state index >= 15 is 0 Å². The Balaban J connectivity index is 1.72. The fourth-order valence-electron chi connectivity index (χ4n) is 7.77. The van der Waals surface area contributed by atoms with Crippen LogP contribution in [0.3, 0.4) is 0 Å². The van der Waals surface area contributed by atoms with Crippen LogP contribution in [0.5, 0.6) is 0 Å². The van der Waals surface area contributed by atoms with Crippen LogP contribution in [0.2, 0.25) is 0 Å². The lowest BCUT2D eigenvalue weighted by atomic mass is 9.44. The largest absolute Gasteiger partial charge is 0.299 e. The molecule has 0 heterocycles. The summed E-state index contributed by atoms with van der Waals surface area (Å²) in [4.78, 5) is 17.2. The Morgan fingerprint density at radius 1 is 1.20 bits per heavy atom. The first kappa shape index (κ1) is 17.3. The molecule has 0 aliphatic heterocycles. The molecule has 0 radical (unpaired) electrons. The molecule has 0 aromatic rings. The lowest BCUT2D eigenvalue weighted by molar-refractivity contribution is -0.154. The third-order valence-corrected chi connectivity index (χ3v) is 9.01. The van der Waals surface area contributed by atoms with E-state index in [1.807, 2.05) is 6.92 Å². The Morgan fingerprint density at radius 2 is 1.96 bits per heavy atom. The van der Waals surface area contributed by atoms with E-state index in [4.69, 9.17) is 6.57 Å². The van der Waals surface area contributed by atoms with Crippen molar-refractivity contribution in [2.45, 2.75) is 79.1 Å². The first-order chi connectivity index (χ1) is 11.8. The number of ketones is 1. The Kier molecular flexibility index (Phi) is 3.95. The van der Waals surface area contributed by atoms with Crippen molar-refractivity contribution in [2.75, 3.05) is 0 Å². The van der Waals surface area contributed by atoms with Gasteiger partial charge >= 0.3 is 0 Å². The highest BCUT2D eigenvalue weighted by molar-refractivity contribution is 5.85. The second-order valence-corrected chi connectivity index (χ2v) is 10.2. The molecule has 0 spiro atoms. The molecule has 0 unspecified atom stereocenters. The first-order valence-corrected chi connectivity index (χ1v) is 10.4. The van der Waals surface area contributed by atoms with Gasteiger partial charge in [0.05, 0.1) is 6.57 Å². The Labute approximate surface area is 153 Å². The summed E-state index contributed by atoms with van der Waals surface area (Å²) < 4.78 is 0. The molecule has 2 nitrogen and oxygen atoms in total. The maximum Gasteiger partial charge on any atom is 0.162 e. The molecule has 4 aliphatic carbocycles.